The van der Waals surface area contributed by atoms with Gasteiger partial charge in [0.2, 0.25) is 0 Å². The van der Waals surface area contributed by atoms with Crippen LogP contribution < -0.4 is 5.32 Å². The van der Waals surface area contributed by atoms with Gasteiger partial charge in [-0.15, -0.1) is 0 Å². The van der Waals surface area contributed by atoms with Crippen LogP contribution in [-0.4, -0.2) is 22.9 Å². The predicted molar refractivity (Wildman–Crippen MR) is 56.6 cm³/mol. The molecular weight excluding hydrogens is 232 g/mol. The molecule has 4 nitrogen and oxygen atoms in total. The van der Waals surface area contributed by atoms with Crippen molar-refractivity contribution >= 4 is 6.09 Å². The molecule has 0 saturated carbocycles. The van der Waals surface area contributed by atoms with Crippen molar-refractivity contribution in [3.8, 4) is 0 Å². The third kappa shape index (κ3) is 4.36. The van der Waals surface area contributed by atoms with Gasteiger partial charge in [-0.1, -0.05) is 0 Å². The lowest BCUT2D eigenvalue weighted by molar-refractivity contribution is 0.157. The Morgan fingerprint density at radius 1 is 1.41 bits per heavy atom. The van der Waals surface area contributed by atoms with Gasteiger partial charge in [0, 0.05) is 12.1 Å². The Morgan fingerprint density at radius 3 is 2.76 bits per heavy atom. The zero-order valence-electron chi connectivity index (χ0n) is 8.99. The number of aliphatic hydroxyl groups is 1. The van der Waals surface area contributed by atoms with E-state index in [2.05, 4.69) is 5.32 Å². The van der Waals surface area contributed by atoms with Gasteiger partial charge in [-0.3, -0.25) is 0 Å². The molecule has 0 radical (unpaired) electrons. The predicted octanol–water partition coefficient (Wildman–Crippen LogP) is 2.05. The van der Waals surface area contributed by atoms with Crippen LogP contribution in [0.15, 0.2) is 18.2 Å². The van der Waals surface area contributed by atoms with E-state index in [-0.39, 0.29) is 18.5 Å². The van der Waals surface area contributed by atoms with Gasteiger partial charge in [-0.2, -0.15) is 0 Å². The number of rotatable bonds is 5. The minimum atomic E-state index is -1.16. The lowest BCUT2D eigenvalue weighted by atomic mass is 10.0. The van der Waals surface area contributed by atoms with E-state index < -0.39 is 23.8 Å². The molecule has 1 aromatic rings. The molecule has 0 aromatic heterocycles. The highest BCUT2D eigenvalue weighted by atomic mass is 19.1. The minimum absolute atomic E-state index is 0.111. The van der Waals surface area contributed by atoms with Gasteiger partial charge >= 0.3 is 6.09 Å². The molecule has 0 spiro atoms. The second-order valence-corrected chi connectivity index (χ2v) is 3.56. The van der Waals surface area contributed by atoms with E-state index in [1.54, 1.807) is 0 Å². The van der Waals surface area contributed by atoms with Crippen molar-refractivity contribution in [2.45, 2.75) is 18.9 Å². The fraction of sp³-hybridized carbons (Fsp3) is 0.364. The number of halogens is 2. The number of carboxylic acid groups (broad SMARTS) is 1. The van der Waals surface area contributed by atoms with Crippen molar-refractivity contribution in [2.24, 2.45) is 0 Å². The van der Waals surface area contributed by atoms with E-state index >= 15 is 0 Å². The summed E-state index contributed by atoms with van der Waals surface area (Å²) in [6, 6.07) is 2.85. The van der Waals surface area contributed by atoms with E-state index in [9.17, 15) is 18.7 Å². The number of aliphatic hydroxyl groups excluding tert-OH is 1. The molecule has 1 amide bonds. The summed E-state index contributed by atoms with van der Waals surface area (Å²) in [5.74, 6) is -1.30. The summed E-state index contributed by atoms with van der Waals surface area (Å²) < 4.78 is 26.1. The first kappa shape index (κ1) is 13.4. The average molecular weight is 245 g/mol. The van der Waals surface area contributed by atoms with Gasteiger partial charge in [-0.25, -0.2) is 13.6 Å². The van der Waals surface area contributed by atoms with Crippen molar-refractivity contribution in [1.82, 2.24) is 5.32 Å². The number of nitrogens with one attached hydrogen (secondary N) is 1. The van der Waals surface area contributed by atoms with Crippen LogP contribution in [0.5, 0.6) is 0 Å². The van der Waals surface area contributed by atoms with Crippen LogP contribution in [0.4, 0.5) is 13.6 Å². The Morgan fingerprint density at radius 2 is 2.12 bits per heavy atom. The number of hydrogen-bond acceptors (Lipinski definition) is 2. The highest BCUT2D eigenvalue weighted by Gasteiger charge is 2.13. The zero-order valence-corrected chi connectivity index (χ0v) is 8.99. The van der Waals surface area contributed by atoms with Crippen LogP contribution in [-0.2, 0) is 0 Å². The maximum absolute atomic E-state index is 13.2. The summed E-state index contributed by atoms with van der Waals surface area (Å²) in [5.41, 5.74) is -0.111. The Labute approximate surface area is 96.9 Å². The molecule has 3 N–H and O–H groups in total. The van der Waals surface area contributed by atoms with E-state index in [0.29, 0.717) is 6.42 Å². The third-order valence-corrected chi connectivity index (χ3v) is 2.25. The zero-order chi connectivity index (χ0) is 12.8. The van der Waals surface area contributed by atoms with Crippen LogP contribution in [0.1, 0.15) is 24.5 Å². The number of amides is 1. The Kier molecular flexibility index (Phi) is 4.84. The molecule has 1 atom stereocenters. The second-order valence-electron chi connectivity index (χ2n) is 3.56. The molecule has 6 heteroatoms. The van der Waals surface area contributed by atoms with Crippen LogP contribution >= 0.6 is 0 Å². The maximum atomic E-state index is 13.2. The van der Waals surface area contributed by atoms with Gasteiger partial charge in [0.15, 0.2) is 0 Å². The van der Waals surface area contributed by atoms with Gasteiger partial charge in [0.05, 0.1) is 6.10 Å². The first-order valence-corrected chi connectivity index (χ1v) is 5.10. The monoisotopic (exact) mass is 245 g/mol. The summed E-state index contributed by atoms with van der Waals surface area (Å²) >= 11 is 0. The maximum Gasteiger partial charge on any atom is 0.404 e. The van der Waals surface area contributed by atoms with Gasteiger partial charge < -0.3 is 15.5 Å². The summed E-state index contributed by atoms with van der Waals surface area (Å²) in [6.45, 7) is 0.156. The molecule has 0 aliphatic carbocycles. The van der Waals surface area contributed by atoms with Crippen molar-refractivity contribution in [3.63, 3.8) is 0 Å². The van der Waals surface area contributed by atoms with Gasteiger partial charge in [0.25, 0.3) is 0 Å². The molecule has 0 saturated heterocycles. The highest BCUT2D eigenvalue weighted by molar-refractivity contribution is 5.64. The smallest absolute Gasteiger partial charge is 0.404 e. The normalized spacial score (nSPS) is 12.2. The molecule has 0 aliphatic heterocycles. The van der Waals surface area contributed by atoms with Crippen molar-refractivity contribution in [2.75, 3.05) is 6.54 Å². The van der Waals surface area contributed by atoms with Crippen molar-refractivity contribution < 1.29 is 23.8 Å². The standard InChI is InChI=1S/C11H13F2NO3/c12-7-3-4-9(13)8(6-7)10(15)2-1-5-14-11(16)17/h3-4,6,10,14-15H,1-2,5H2,(H,16,17). The fourth-order valence-corrected chi connectivity index (χ4v) is 1.42. The van der Waals surface area contributed by atoms with E-state index in [1.807, 2.05) is 0 Å². The Balaban J connectivity index is 2.49. The van der Waals surface area contributed by atoms with E-state index in [0.717, 1.165) is 18.2 Å². The molecule has 0 fully saturated rings. The molecule has 0 bridgehead atoms. The summed E-state index contributed by atoms with van der Waals surface area (Å²) in [4.78, 5) is 10.1. The van der Waals surface area contributed by atoms with E-state index in [1.165, 1.54) is 0 Å². The molecule has 1 aromatic carbocycles. The molecule has 1 rings (SSSR count). The molecular formula is C11H13F2NO3. The fourth-order valence-electron chi connectivity index (χ4n) is 1.42. The lowest BCUT2D eigenvalue weighted by Crippen LogP contribution is -2.22. The van der Waals surface area contributed by atoms with Crippen molar-refractivity contribution in [1.29, 1.82) is 0 Å². The van der Waals surface area contributed by atoms with Crippen LogP contribution in [0.2, 0.25) is 0 Å². The summed E-state index contributed by atoms with van der Waals surface area (Å²) in [6.07, 6.45) is -1.80. The topological polar surface area (TPSA) is 69.6 Å². The number of benzene rings is 1. The first-order chi connectivity index (χ1) is 8.00. The summed E-state index contributed by atoms with van der Waals surface area (Å²) in [5, 5.41) is 20.0. The van der Waals surface area contributed by atoms with Gasteiger partial charge in [-0.05, 0) is 31.0 Å². The van der Waals surface area contributed by atoms with Crippen LogP contribution in [0.3, 0.4) is 0 Å². The quantitative estimate of drug-likeness (QED) is 0.695. The average Bonchev–Trinajstić information content (AvgIpc) is 2.27. The largest absolute Gasteiger partial charge is 0.465 e. The molecule has 0 aliphatic rings. The first-order valence-electron chi connectivity index (χ1n) is 5.10. The molecule has 94 valence electrons. The van der Waals surface area contributed by atoms with Crippen molar-refractivity contribution in [3.05, 3.63) is 35.4 Å². The number of carbonyl (C=O) groups is 1. The van der Waals surface area contributed by atoms with Crippen LogP contribution in [0.25, 0.3) is 0 Å². The molecule has 17 heavy (non-hydrogen) atoms. The third-order valence-electron chi connectivity index (χ3n) is 2.25. The minimum Gasteiger partial charge on any atom is -0.465 e. The van der Waals surface area contributed by atoms with Gasteiger partial charge in [0.1, 0.15) is 11.6 Å². The molecule has 1 unspecified atom stereocenters. The highest BCUT2D eigenvalue weighted by Crippen LogP contribution is 2.21. The Bertz CT molecular complexity index is 398. The molecule has 0 heterocycles. The second kappa shape index (κ2) is 6.15. The summed E-state index contributed by atoms with van der Waals surface area (Å²) in [7, 11) is 0. The van der Waals surface area contributed by atoms with Crippen LogP contribution in [0, 0.1) is 11.6 Å². The lowest BCUT2D eigenvalue weighted by Gasteiger charge is -2.11. The van der Waals surface area contributed by atoms with E-state index in [4.69, 9.17) is 5.11 Å². The number of hydrogen-bond donors (Lipinski definition) is 3. The Hall–Kier alpha value is -1.69. The SMILES string of the molecule is O=C(O)NCCCC(O)c1cc(F)ccc1F.